The van der Waals surface area contributed by atoms with Crippen molar-refractivity contribution < 1.29 is 18.7 Å². The molecule has 1 aliphatic carbocycles. The van der Waals surface area contributed by atoms with Gasteiger partial charge in [0, 0.05) is 5.56 Å². The highest BCUT2D eigenvalue weighted by Gasteiger charge is 2.45. The smallest absolute Gasteiger partial charge is 0.314 e. The molecule has 0 aromatic heterocycles. The number of rotatable bonds is 2. The summed E-state index contributed by atoms with van der Waals surface area (Å²) in [5.74, 6) is -3.06. The number of carboxylic acids is 1. The SMILES string of the molecule is O=C(O)C1(c2cccc(F)c2F)CCCC1. The lowest BCUT2D eigenvalue weighted by Crippen LogP contribution is -2.33. The fourth-order valence-corrected chi connectivity index (χ4v) is 2.45. The van der Waals surface area contributed by atoms with Crippen LogP contribution >= 0.6 is 0 Å². The molecule has 4 heteroatoms. The third-order valence-electron chi connectivity index (χ3n) is 3.33. The van der Waals surface area contributed by atoms with E-state index in [0.717, 1.165) is 18.9 Å². The van der Waals surface area contributed by atoms with E-state index in [1.807, 2.05) is 0 Å². The molecule has 0 heterocycles. The third kappa shape index (κ3) is 1.49. The molecule has 0 bridgehead atoms. The topological polar surface area (TPSA) is 37.3 Å². The number of carboxylic acid groups (broad SMARTS) is 1. The first-order valence-electron chi connectivity index (χ1n) is 5.26. The Morgan fingerprint density at radius 2 is 1.88 bits per heavy atom. The maximum Gasteiger partial charge on any atom is 0.314 e. The standard InChI is InChI=1S/C12H12F2O2/c13-9-5-3-4-8(10(9)14)12(11(15)16)6-1-2-7-12/h3-5H,1-2,6-7H2,(H,15,16). The Hall–Kier alpha value is -1.45. The number of hydrogen-bond donors (Lipinski definition) is 1. The van der Waals surface area contributed by atoms with Crippen molar-refractivity contribution in [1.82, 2.24) is 0 Å². The summed E-state index contributed by atoms with van der Waals surface area (Å²) in [6, 6.07) is 3.73. The molecule has 1 saturated carbocycles. The molecule has 1 fully saturated rings. The van der Waals surface area contributed by atoms with Crippen molar-refractivity contribution in [2.24, 2.45) is 0 Å². The van der Waals surface area contributed by atoms with Crippen LogP contribution < -0.4 is 0 Å². The molecule has 1 aromatic carbocycles. The van der Waals surface area contributed by atoms with E-state index < -0.39 is 23.0 Å². The van der Waals surface area contributed by atoms with Crippen molar-refractivity contribution in [3.8, 4) is 0 Å². The molecule has 16 heavy (non-hydrogen) atoms. The second kappa shape index (κ2) is 3.85. The number of aliphatic carboxylic acids is 1. The van der Waals surface area contributed by atoms with E-state index in [0.29, 0.717) is 12.8 Å². The summed E-state index contributed by atoms with van der Waals surface area (Å²) in [7, 11) is 0. The van der Waals surface area contributed by atoms with Crippen LogP contribution in [0.15, 0.2) is 18.2 Å². The molecular weight excluding hydrogens is 214 g/mol. The van der Waals surface area contributed by atoms with Crippen molar-refractivity contribution in [3.05, 3.63) is 35.4 Å². The molecule has 0 radical (unpaired) electrons. The number of halogens is 2. The molecule has 0 unspecified atom stereocenters. The largest absolute Gasteiger partial charge is 0.481 e. The van der Waals surface area contributed by atoms with Crippen molar-refractivity contribution in [2.75, 3.05) is 0 Å². The van der Waals surface area contributed by atoms with Gasteiger partial charge in [-0.05, 0) is 18.9 Å². The Labute approximate surface area is 91.9 Å². The molecule has 0 spiro atoms. The molecule has 0 aliphatic heterocycles. The van der Waals surface area contributed by atoms with E-state index in [9.17, 15) is 18.7 Å². The Bertz CT molecular complexity index is 423. The first-order chi connectivity index (χ1) is 7.58. The van der Waals surface area contributed by atoms with Gasteiger partial charge in [0.1, 0.15) is 0 Å². The second-order valence-electron chi connectivity index (χ2n) is 4.20. The monoisotopic (exact) mass is 226 g/mol. The molecule has 1 aliphatic rings. The summed E-state index contributed by atoms with van der Waals surface area (Å²) >= 11 is 0. The zero-order valence-corrected chi connectivity index (χ0v) is 8.67. The van der Waals surface area contributed by atoms with Gasteiger partial charge in [-0.25, -0.2) is 8.78 Å². The van der Waals surface area contributed by atoms with Gasteiger partial charge in [0.2, 0.25) is 0 Å². The average Bonchev–Trinajstić information content (AvgIpc) is 2.72. The average molecular weight is 226 g/mol. The van der Waals surface area contributed by atoms with E-state index in [1.165, 1.54) is 12.1 Å². The minimum atomic E-state index is -1.23. The van der Waals surface area contributed by atoms with Gasteiger partial charge in [-0.3, -0.25) is 4.79 Å². The van der Waals surface area contributed by atoms with Gasteiger partial charge in [-0.15, -0.1) is 0 Å². The summed E-state index contributed by atoms with van der Waals surface area (Å²) in [6.45, 7) is 0. The first kappa shape index (κ1) is 11.0. The van der Waals surface area contributed by atoms with Gasteiger partial charge in [0.25, 0.3) is 0 Å². The molecule has 1 N–H and O–H groups in total. The van der Waals surface area contributed by atoms with Gasteiger partial charge in [-0.2, -0.15) is 0 Å². The van der Waals surface area contributed by atoms with Crippen molar-refractivity contribution in [2.45, 2.75) is 31.1 Å². The van der Waals surface area contributed by atoms with E-state index in [-0.39, 0.29) is 5.56 Å². The van der Waals surface area contributed by atoms with Gasteiger partial charge in [0.15, 0.2) is 11.6 Å². The molecular formula is C12H12F2O2. The van der Waals surface area contributed by atoms with Gasteiger partial charge in [0.05, 0.1) is 5.41 Å². The molecule has 86 valence electrons. The van der Waals surface area contributed by atoms with Crippen LogP contribution in [0.1, 0.15) is 31.2 Å². The van der Waals surface area contributed by atoms with E-state index in [2.05, 4.69) is 0 Å². The van der Waals surface area contributed by atoms with E-state index >= 15 is 0 Å². The molecule has 0 amide bonds. The lowest BCUT2D eigenvalue weighted by atomic mass is 9.78. The molecule has 0 atom stereocenters. The molecule has 2 rings (SSSR count). The Balaban J connectivity index is 2.56. The fraction of sp³-hybridized carbons (Fsp3) is 0.417. The minimum absolute atomic E-state index is 0.0162. The lowest BCUT2D eigenvalue weighted by molar-refractivity contribution is -0.143. The maximum atomic E-state index is 13.6. The summed E-state index contributed by atoms with van der Waals surface area (Å²) in [4.78, 5) is 11.3. The highest BCUT2D eigenvalue weighted by atomic mass is 19.2. The Kier molecular flexibility index (Phi) is 2.66. The van der Waals surface area contributed by atoms with E-state index in [1.54, 1.807) is 0 Å². The van der Waals surface area contributed by atoms with Gasteiger partial charge < -0.3 is 5.11 Å². The summed E-state index contributed by atoms with van der Waals surface area (Å²) in [5.41, 5.74) is -1.25. The molecule has 0 saturated heterocycles. The molecule has 1 aromatic rings. The van der Waals surface area contributed by atoms with Crippen LogP contribution in [0.4, 0.5) is 8.78 Å². The quantitative estimate of drug-likeness (QED) is 0.841. The summed E-state index contributed by atoms with van der Waals surface area (Å²) < 4.78 is 26.7. The second-order valence-corrected chi connectivity index (χ2v) is 4.20. The number of benzene rings is 1. The lowest BCUT2D eigenvalue weighted by Gasteiger charge is -2.24. The Morgan fingerprint density at radius 3 is 2.44 bits per heavy atom. The minimum Gasteiger partial charge on any atom is -0.481 e. The first-order valence-corrected chi connectivity index (χ1v) is 5.26. The van der Waals surface area contributed by atoms with Crippen LogP contribution in [0.2, 0.25) is 0 Å². The zero-order chi connectivity index (χ0) is 11.8. The van der Waals surface area contributed by atoms with Crippen LogP contribution in [-0.2, 0) is 10.2 Å². The van der Waals surface area contributed by atoms with Crippen LogP contribution in [0.25, 0.3) is 0 Å². The van der Waals surface area contributed by atoms with Crippen molar-refractivity contribution in [3.63, 3.8) is 0 Å². The zero-order valence-electron chi connectivity index (χ0n) is 8.67. The van der Waals surface area contributed by atoms with Gasteiger partial charge >= 0.3 is 5.97 Å². The maximum absolute atomic E-state index is 13.6. The number of carbonyl (C=O) groups is 1. The predicted octanol–water partition coefficient (Wildman–Crippen LogP) is 2.86. The van der Waals surface area contributed by atoms with Crippen LogP contribution in [0.5, 0.6) is 0 Å². The fourth-order valence-electron chi connectivity index (χ4n) is 2.45. The summed E-state index contributed by atoms with van der Waals surface area (Å²) in [6.07, 6.45) is 2.23. The third-order valence-corrected chi connectivity index (χ3v) is 3.33. The van der Waals surface area contributed by atoms with Crippen LogP contribution in [0, 0.1) is 11.6 Å². The number of hydrogen-bond acceptors (Lipinski definition) is 1. The van der Waals surface area contributed by atoms with Crippen LogP contribution in [0.3, 0.4) is 0 Å². The normalized spacial score (nSPS) is 18.6. The van der Waals surface area contributed by atoms with Crippen LogP contribution in [-0.4, -0.2) is 11.1 Å². The van der Waals surface area contributed by atoms with Crippen molar-refractivity contribution >= 4 is 5.97 Å². The molecule has 2 nitrogen and oxygen atoms in total. The summed E-state index contributed by atoms with van der Waals surface area (Å²) in [5, 5.41) is 9.24. The highest BCUT2D eigenvalue weighted by Crippen LogP contribution is 2.42. The Morgan fingerprint density at radius 1 is 1.25 bits per heavy atom. The van der Waals surface area contributed by atoms with Crippen molar-refractivity contribution in [1.29, 1.82) is 0 Å². The predicted molar refractivity (Wildman–Crippen MR) is 54.1 cm³/mol. The van der Waals surface area contributed by atoms with Gasteiger partial charge in [-0.1, -0.05) is 25.0 Å². The highest BCUT2D eigenvalue weighted by molar-refractivity contribution is 5.81. The van der Waals surface area contributed by atoms with E-state index in [4.69, 9.17) is 0 Å².